The van der Waals surface area contributed by atoms with Gasteiger partial charge in [0.1, 0.15) is 0 Å². The number of hydrogen-bond acceptors (Lipinski definition) is 2. The van der Waals surface area contributed by atoms with Crippen molar-refractivity contribution in [3.05, 3.63) is 0 Å². The normalized spacial score (nSPS) is 24.1. The Bertz CT molecular complexity index is 249. The van der Waals surface area contributed by atoms with Crippen molar-refractivity contribution in [3.63, 3.8) is 0 Å². The molecule has 2 aliphatic rings. The Morgan fingerprint density at radius 2 is 1.88 bits per heavy atom. The number of amides is 1. The summed E-state index contributed by atoms with van der Waals surface area (Å²) in [5.74, 6) is 0.191. The minimum Gasteiger partial charge on any atom is -0.352 e. The van der Waals surface area contributed by atoms with Crippen molar-refractivity contribution in [2.45, 2.75) is 76.3 Å². The van der Waals surface area contributed by atoms with Crippen molar-refractivity contribution >= 4 is 5.91 Å². The highest BCUT2D eigenvalue weighted by Gasteiger charge is 2.34. The van der Waals surface area contributed by atoms with E-state index in [-0.39, 0.29) is 11.4 Å². The molecule has 0 unspecified atom stereocenters. The summed E-state index contributed by atoms with van der Waals surface area (Å²) in [4.78, 5) is 11.8. The predicted octanol–water partition coefficient (Wildman–Crippen LogP) is 2.36. The molecule has 2 rings (SSSR count). The molecule has 3 heteroatoms. The van der Waals surface area contributed by atoms with Crippen LogP contribution < -0.4 is 10.6 Å². The maximum atomic E-state index is 11.8. The molecular formula is C14H26N2O. The number of hydrogen-bond donors (Lipinski definition) is 2. The van der Waals surface area contributed by atoms with E-state index >= 15 is 0 Å². The summed E-state index contributed by atoms with van der Waals surface area (Å²) in [7, 11) is 0. The first-order chi connectivity index (χ1) is 8.24. The van der Waals surface area contributed by atoms with Gasteiger partial charge in [0.25, 0.3) is 0 Å². The first-order valence-corrected chi connectivity index (χ1v) is 7.28. The molecule has 2 saturated carbocycles. The van der Waals surface area contributed by atoms with Gasteiger partial charge in [-0.2, -0.15) is 0 Å². The molecule has 2 N–H and O–H groups in total. The zero-order valence-electron chi connectivity index (χ0n) is 11.1. The Hall–Kier alpha value is -0.570. The summed E-state index contributed by atoms with van der Waals surface area (Å²) in [6.45, 7) is 2.72. The molecule has 0 saturated heterocycles. The minimum atomic E-state index is 0.191. The highest BCUT2D eigenvalue weighted by Crippen LogP contribution is 2.34. The van der Waals surface area contributed by atoms with E-state index < -0.39 is 0 Å². The largest absolute Gasteiger partial charge is 0.352 e. The van der Waals surface area contributed by atoms with E-state index in [0.29, 0.717) is 12.6 Å². The standard InChI is InChI=1S/C14H26N2O/c1-2-14(9-6-10-14)15-11-13(17)16-12-7-4-3-5-8-12/h12,15H,2-11H2,1H3,(H,16,17). The third kappa shape index (κ3) is 3.44. The molecule has 17 heavy (non-hydrogen) atoms. The van der Waals surface area contributed by atoms with Crippen LogP contribution in [0.4, 0.5) is 0 Å². The van der Waals surface area contributed by atoms with Gasteiger partial charge in [-0.15, -0.1) is 0 Å². The van der Waals surface area contributed by atoms with Gasteiger partial charge in [0.05, 0.1) is 6.54 Å². The topological polar surface area (TPSA) is 41.1 Å². The van der Waals surface area contributed by atoms with Crippen LogP contribution in [0.15, 0.2) is 0 Å². The van der Waals surface area contributed by atoms with E-state index in [1.54, 1.807) is 0 Å². The van der Waals surface area contributed by atoms with Crippen LogP contribution >= 0.6 is 0 Å². The van der Waals surface area contributed by atoms with Crippen LogP contribution in [0, 0.1) is 0 Å². The summed E-state index contributed by atoms with van der Waals surface area (Å²) >= 11 is 0. The van der Waals surface area contributed by atoms with Crippen molar-refractivity contribution in [3.8, 4) is 0 Å². The molecule has 0 aromatic heterocycles. The van der Waals surface area contributed by atoms with Crippen LogP contribution in [-0.4, -0.2) is 24.0 Å². The van der Waals surface area contributed by atoms with Gasteiger partial charge in [0.2, 0.25) is 5.91 Å². The SMILES string of the molecule is CCC1(NCC(=O)NC2CCCCC2)CCC1. The minimum absolute atomic E-state index is 0.191. The summed E-state index contributed by atoms with van der Waals surface area (Å²) in [5.41, 5.74) is 0.282. The van der Waals surface area contributed by atoms with E-state index in [4.69, 9.17) is 0 Å². The third-order valence-electron chi connectivity index (χ3n) is 4.58. The van der Waals surface area contributed by atoms with Crippen molar-refractivity contribution in [1.29, 1.82) is 0 Å². The van der Waals surface area contributed by atoms with E-state index in [0.717, 1.165) is 6.42 Å². The van der Waals surface area contributed by atoms with E-state index in [1.807, 2.05) is 0 Å². The van der Waals surface area contributed by atoms with E-state index in [1.165, 1.54) is 51.4 Å². The highest BCUT2D eigenvalue weighted by molar-refractivity contribution is 5.78. The van der Waals surface area contributed by atoms with Crippen LogP contribution in [0.25, 0.3) is 0 Å². The molecule has 2 fully saturated rings. The molecule has 0 aromatic rings. The van der Waals surface area contributed by atoms with Crippen molar-refractivity contribution in [2.75, 3.05) is 6.54 Å². The average Bonchev–Trinajstić information content (AvgIpc) is 2.29. The van der Waals surface area contributed by atoms with Crippen LogP contribution in [0.2, 0.25) is 0 Å². The molecule has 0 heterocycles. The number of nitrogens with one attached hydrogen (secondary N) is 2. The van der Waals surface area contributed by atoms with Crippen LogP contribution in [0.1, 0.15) is 64.7 Å². The Morgan fingerprint density at radius 1 is 1.18 bits per heavy atom. The fourth-order valence-electron chi connectivity index (χ4n) is 3.05. The number of carbonyl (C=O) groups excluding carboxylic acids is 1. The average molecular weight is 238 g/mol. The molecular weight excluding hydrogens is 212 g/mol. The third-order valence-corrected chi connectivity index (χ3v) is 4.58. The molecule has 1 amide bonds. The first-order valence-electron chi connectivity index (χ1n) is 7.28. The molecule has 0 atom stereocenters. The molecule has 98 valence electrons. The Labute approximate surface area is 105 Å². The van der Waals surface area contributed by atoms with Gasteiger partial charge in [-0.05, 0) is 38.5 Å². The zero-order valence-corrected chi connectivity index (χ0v) is 11.1. The van der Waals surface area contributed by atoms with Gasteiger partial charge in [0.15, 0.2) is 0 Å². The Morgan fingerprint density at radius 3 is 2.41 bits per heavy atom. The summed E-state index contributed by atoms with van der Waals surface area (Å²) in [5, 5.41) is 6.62. The predicted molar refractivity (Wildman–Crippen MR) is 69.9 cm³/mol. The van der Waals surface area contributed by atoms with Crippen molar-refractivity contribution < 1.29 is 4.79 Å². The summed E-state index contributed by atoms with van der Waals surface area (Å²) < 4.78 is 0. The molecule has 0 spiro atoms. The summed E-state index contributed by atoms with van der Waals surface area (Å²) in [6, 6.07) is 0.442. The van der Waals surface area contributed by atoms with Gasteiger partial charge in [-0.1, -0.05) is 26.2 Å². The van der Waals surface area contributed by atoms with Gasteiger partial charge in [-0.25, -0.2) is 0 Å². The zero-order chi connectivity index (χ0) is 12.1. The lowest BCUT2D eigenvalue weighted by atomic mass is 9.75. The van der Waals surface area contributed by atoms with Gasteiger partial charge in [-0.3, -0.25) is 4.79 Å². The van der Waals surface area contributed by atoms with Crippen LogP contribution in [-0.2, 0) is 4.79 Å². The van der Waals surface area contributed by atoms with Crippen LogP contribution in [0.5, 0.6) is 0 Å². The van der Waals surface area contributed by atoms with Crippen LogP contribution in [0.3, 0.4) is 0 Å². The monoisotopic (exact) mass is 238 g/mol. The molecule has 3 nitrogen and oxygen atoms in total. The quantitative estimate of drug-likeness (QED) is 0.772. The molecule has 0 aliphatic heterocycles. The second-order valence-corrected chi connectivity index (χ2v) is 5.74. The Balaban J connectivity index is 1.66. The van der Waals surface area contributed by atoms with Gasteiger partial charge in [0, 0.05) is 11.6 Å². The number of rotatable bonds is 5. The maximum Gasteiger partial charge on any atom is 0.234 e. The lowest BCUT2D eigenvalue weighted by Gasteiger charge is -2.42. The summed E-state index contributed by atoms with van der Waals surface area (Å²) in [6.07, 6.45) is 11.2. The Kier molecular flexibility index (Phi) is 4.43. The highest BCUT2D eigenvalue weighted by atomic mass is 16.2. The lowest BCUT2D eigenvalue weighted by Crippen LogP contribution is -2.54. The molecule has 2 aliphatic carbocycles. The fraction of sp³-hybridized carbons (Fsp3) is 0.929. The van der Waals surface area contributed by atoms with E-state index in [2.05, 4.69) is 17.6 Å². The molecule has 0 aromatic carbocycles. The molecule has 0 bridgehead atoms. The van der Waals surface area contributed by atoms with Gasteiger partial charge < -0.3 is 10.6 Å². The lowest BCUT2D eigenvalue weighted by molar-refractivity contribution is -0.121. The first kappa shape index (κ1) is 12.9. The second-order valence-electron chi connectivity index (χ2n) is 5.74. The van der Waals surface area contributed by atoms with E-state index in [9.17, 15) is 4.79 Å². The van der Waals surface area contributed by atoms with Gasteiger partial charge >= 0.3 is 0 Å². The smallest absolute Gasteiger partial charge is 0.234 e. The van der Waals surface area contributed by atoms with Crippen molar-refractivity contribution in [1.82, 2.24) is 10.6 Å². The molecule has 0 radical (unpaired) electrons. The van der Waals surface area contributed by atoms with Crippen molar-refractivity contribution in [2.24, 2.45) is 0 Å². The maximum absolute atomic E-state index is 11.8. The fourth-order valence-corrected chi connectivity index (χ4v) is 3.05. The number of carbonyl (C=O) groups is 1. The second kappa shape index (κ2) is 5.85.